The van der Waals surface area contributed by atoms with E-state index in [-0.39, 0.29) is 5.54 Å². The Labute approximate surface area is 81.5 Å². The second kappa shape index (κ2) is 6.35. The van der Waals surface area contributed by atoms with E-state index in [1.807, 2.05) is 0 Å². The van der Waals surface area contributed by atoms with E-state index >= 15 is 0 Å². The highest BCUT2D eigenvalue weighted by Gasteiger charge is 2.16. The predicted molar refractivity (Wildman–Crippen MR) is 54.9 cm³/mol. The van der Waals surface area contributed by atoms with Crippen molar-refractivity contribution in [2.24, 2.45) is 0 Å². The average Bonchev–Trinajstić information content (AvgIpc) is 2.02. The molecule has 1 unspecified atom stereocenters. The summed E-state index contributed by atoms with van der Waals surface area (Å²) in [6.45, 7) is 7.46. The zero-order chi connectivity index (χ0) is 10.3. The third kappa shape index (κ3) is 6.99. The zero-order valence-electron chi connectivity index (χ0n) is 9.26. The predicted octanol–water partition coefficient (Wildman–Crippen LogP) is 1.16. The number of rotatable bonds is 7. The zero-order valence-corrected chi connectivity index (χ0v) is 9.26. The summed E-state index contributed by atoms with van der Waals surface area (Å²) in [7, 11) is 1.60. The van der Waals surface area contributed by atoms with Crippen LogP contribution in [0.3, 0.4) is 0 Å². The highest BCUT2D eigenvalue weighted by Crippen LogP contribution is 2.10. The van der Waals surface area contributed by atoms with E-state index in [0.717, 1.165) is 12.8 Å². The van der Waals surface area contributed by atoms with Crippen LogP contribution in [0.25, 0.3) is 0 Å². The molecule has 2 N–H and O–H groups in total. The van der Waals surface area contributed by atoms with Gasteiger partial charge in [-0.05, 0) is 20.3 Å². The molecule has 0 aromatic heterocycles. The van der Waals surface area contributed by atoms with Crippen molar-refractivity contribution in [1.29, 1.82) is 0 Å². The molecule has 0 fully saturated rings. The van der Waals surface area contributed by atoms with Crippen LogP contribution in [-0.2, 0) is 4.74 Å². The maximum absolute atomic E-state index is 9.39. The van der Waals surface area contributed by atoms with Gasteiger partial charge in [0.1, 0.15) is 0 Å². The molecule has 80 valence electrons. The Kier molecular flexibility index (Phi) is 6.29. The molecule has 0 spiro atoms. The fourth-order valence-corrected chi connectivity index (χ4v) is 1.36. The van der Waals surface area contributed by atoms with Gasteiger partial charge in [0.25, 0.3) is 0 Å². The third-order valence-corrected chi connectivity index (χ3v) is 2.05. The van der Waals surface area contributed by atoms with E-state index in [0.29, 0.717) is 13.2 Å². The maximum atomic E-state index is 9.39. The minimum absolute atomic E-state index is 0.115. The Hall–Kier alpha value is -0.120. The topological polar surface area (TPSA) is 41.5 Å². The number of hydrogen-bond acceptors (Lipinski definition) is 3. The lowest BCUT2D eigenvalue weighted by molar-refractivity contribution is 0.0593. The first kappa shape index (κ1) is 12.9. The first-order valence-electron chi connectivity index (χ1n) is 4.94. The Balaban J connectivity index is 3.60. The van der Waals surface area contributed by atoms with Crippen molar-refractivity contribution >= 4 is 0 Å². The molecule has 13 heavy (non-hydrogen) atoms. The molecule has 0 aromatic rings. The van der Waals surface area contributed by atoms with E-state index in [4.69, 9.17) is 4.74 Å². The van der Waals surface area contributed by atoms with Gasteiger partial charge in [0.2, 0.25) is 0 Å². The fraction of sp³-hybridized carbons (Fsp3) is 1.00. The summed E-state index contributed by atoms with van der Waals surface area (Å²) in [6, 6.07) is 0. The monoisotopic (exact) mass is 189 g/mol. The second-order valence-electron chi connectivity index (χ2n) is 4.12. The van der Waals surface area contributed by atoms with Crippen LogP contribution in [0, 0.1) is 0 Å². The van der Waals surface area contributed by atoms with Crippen LogP contribution in [0.4, 0.5) is 0 Å². The standard InChI is InChI=1S/C10H23NO2/c1-5-6-10(2,3)11-7-9(12)8-13-4/h9,11-12H,5-8H2,1-4H3. The molecule has 0 saturated carbocycles. The van der Waals surface area contributed by atoms with E-state index in [1.165, 1.54) is 0 Å². The quantitative estimate of drug-likeness (QED) is 0.631. The van der Waals surface area contributed by atoms with Crippen LogP contribution in [0.15, 0.2) is 0 Å². The van der Waals surface area contributed by atoms with Crippen molar-refractivity contribution in [3.63, 3.8) is 0 Å². The molecule has 3 heteroatoms. The maximum Gasteiger partial charge on any atom is 0.0897 e. The van der Waals surface area contributed by atoms with Gasteiger partial charge in [0.05, 0.1) is 12.7 Å². The van der Waals surface area contributed by atoms with Gasteiger partial charge in [-0.25, -0.2) is 0 Å². The summed E-state index contributed by atoms with van der Waals surface area (Å²) >= 11 is 0. The van der Waals surface area contributed by atoms with Gasteiger partial charge in [-0.2, -0.15) is 0 Å². The van der Waals surface area contributed by atoms with E-state index in [9.17, 15) is 5.11 Å². The number of nitrogens with one attached hydrogen (secondary N) is 1. The highest BCUT2D eigenvalue weighted by molar-refractivity contribution is 4.77. The Morgan fingerprint density at radius 2 is 2.08 bits per heavy atom. The van der Waals surface area contributed by atoms with Crippen LogP contribution in [0.2, 0.25) is 0 Å². The number of aliphatic hydroxyl groups is 1. The number of methoxy groups -OCH3 is 1. The van der Waals surface area contributed by atoms with Gasteiger partial charge >= 0.3 is 0 Å². The first-order valence-corrected chi connectivity index (χ1v) is 4.94. The summed E-state index contributed by atoms with van der Waals surface area (Å²) < 4.78 is 4.84. The SMILES string of the molecule is CCCC(C)(C)NCC(O)COC. The molecule has 0 aromatic carbocycles. The highest BCUT2D eigenvalue weighted by atomic mass is 16.5. The van der Waals surface area contributed by atoms with Crippen molar-refractivity contribution in [2.45, 2.75) is 45.3 Å². The van der Waals surface area contributed by atoms with Crippen molar-refractivity contribution in [3.8, 4) is 0 Å². The normalized spacial score (nSPS) is 14.5. The number of hydrogen-bond donors (Lipinski definition) is 2. The smallest absolute Gasteiger partial charge is 0.0897 e. The van der Waals surface area contributed by atoms with Gasteiger partial charge in [0, 0.05) is 19.2 Å². The van der Waals surface area contributed by atoms with Crippen LogP contribution in [0.5, 0.6) is 0 Å². The van der Waals surface area contributed by atoms with Crippen molar-refractivity contribution < 1.29 is 9.84 Å². The third-order valence-electron chi connectivity index (χ3n) is 2.05. The van der Waals surface area contributed by atoms with E-state index < -0.39 is 6.10 Å². The van der Waals surface area contributed by atoms with Crippen LogP contribution < -0.4 is 5.32 Å². The lowest BCUT2D eigenvalue weighted by atomic mass is 9.99. The largest absolute Gasteiger partial charge is 0.389 e. The summed E-state index contributed by atoms with van der Waals surface area (Å²) in [5.74, 6) is 0. The molecular formula is C10H23NO2. The lowest BCUT2D eigenvalue weighted by Crippen LogP contribution is -2.44. The van der Waals surface area contributed by atoms with E-state index in [2.05, 4.69) is 26.1 Å². The van der Waals surface area contributed by atoms with Crippen molar-refractivity contribution in [1.82, 2.24) is 5.32 Å². The van der Waals surface area contributed by atoms with Gasteiger partial charge in [0.15, 0.2) is 0 Å². The molecule has 0 bridgehead atoms. The molecule has 0 heterocycles. The van der Waals surface area contributed by atoms with Crippen LogP contribution >= 0.6 is 0 Å². The first-order chi connectivity index (χ1) is 6.02. The Bertz CT molecular complexity index is 126. The molecule has 0 aliphatic rings. The molecule has 0 aliphatic heterocycles. The fourth-order valence-electron chi connectivity index (χ4n) is 1.36. The van der Waals surface area contributed by atoms with Gasteiger partial charge in [-0.3, -0.25) is 0 Å². The Morgan fingerprint density at radius 1 is 1.46 bits per heavy atom. The van der Waals surface area contributed by atoms with Crippen LogP contribution in [0.1, 0.15) is 33.6 Å². The van der Waals surface area contributed by atoms with Gasteiger partial charge < -0.3 is 15.2 Å². The molecule has 3 nitrogen and oxygen atoms in total. The Morgan fingerprint density at radius 3 is 2.54 bits per heavy atom. The summed E-state index contributed by atoms with van der Waals surface area (Å²) in [4.78, 5) is 0. The van der Waals surface area contributed by atoms with Gasteiger partial charge in [-0.15, -0.1) is 0 Å². The van der Waals surface area contributed by atoms with Crippen LogP contribution in [-0.4, -0.2) is 37.0 Å². The summed E-state index contributed by atoms with van der Waals surface area (Å²) in [5.41, 5.74) is 0.115. The summed E-state index contributed by atoms with van der Waals surface area (Å²) in [5, 5.41) is 12.7. The second-order valence-corrected chi connectivity index (χ2v) is 4.12. The summed E-state index contributed by atoms with van der Waals surface area (Å²) in [6.07, 6.45) is 1.87. The molecule has 0 saturated heterocycles. The minimum atomic E-state index is -0.402. The molecule has 0 radical (unpaired) electrons. The average molecular weight is 189 g/mol. The lowest BCUT2D eigenvalue weighted by Gasteiger charge is -2.27. The minimum Gasteiger partial charge on any atom is -0.389 e. The molecule has 0 amide bonds. The molecule has 1 atom stereocenters. The number of ether oxygens (including phenoxy) is 1. The van der Waals surface area contributed by atoms with Gasteiger partial charge in [-0.1, -0.05) is 13.3 Å². The van der Waals surface area contributed by atoms with Crippen molar-refractivity contribution in [2.75, 3.05) is 20.3 Å². The molecular weight excluding hydrogens is 166 g/mol. The molecule has 0 aliphatic carbocycles. The van der Waals surface area contributed by atoms with Crippen molar-refractivity contribution in [3.05, 3.63) is 0 Å². The van der Waals surface area contributed by atoms with E-state index in [1.54, 1.807) is 7.11 Å². The molecule has 0 rings (SSSR count). The number of aliphatic hydroxyl groups excluding tert-OH is 1. The number of β-amino-alcohol motifs (C(OH)–C–C–N with tert-alkyl or cyclic N) is 1.